The Hall–Kier alpha value is -2.20. The normalized spacial score (nSPS) is 25.3. The molecule has 0 spiro atoms. The zero-order chi connectivity index (χ0) is 17.4. The summed E-state index contributed by atoms with van der Waals surface area (Å²) in [6.45, 7) is 1.28. The molecule has 1 saturated carbocycles. The molecule has 2 fully saturated rings. The number of Topliss-reactive ketones (excluding diaryl/α,β-unsaturated/α-hetero) is 1. The Morgan fingerprint density at radius 3 is 2.40 bits per heavy atom. The summed E-state index contributed by atoms with van der Waals surface area (Å²) < 4.78 is 0. The lowest BCUT2D eigenvalue weighted by atomic mass is 9.94. The predicted molar refractivity (Wildman–Crippen MR) is 96.3 cm³/mol. The van der Waals surface area contributed by atoms with Crippen LogP contribution in [0.15, 0.2) is 42.5 Å². The molecular weight excluding hydrogens is 314 g/mol. The van der Waals surface area contributed by atoms with Gasteiger partial charge in [0.25, 0.3) is 0 Å². The molecule has 1 saturated heterocycles. The average Bonchev–Trinajstić information content (AvgIpc) is 2.86. The van der Waals surface area contributed by atoms with E-state index in [0.717, 1.165) is 23.6 Å². The first-order valence-corrected chi connectivity index (χ1v) is 9.10. The van der Waals surface area contributed by atoms with Crippen LogP contribution in [-0.2, 0) is 4.79 Å². The van der Waals surface area contributed by atoms with E-state index in [0.29, 0.717) is 18.7 Å². The van der Waals surface area contributed by atoms with Crippen molar-refractivity contribution in [3.05, 3.63) is 48.0 Å². The Labute approximate surface area is 147 Å². The number of benzene rings is 2. The maximum absolute atomic E-state index is 12.6. The average molecular weight is 337 g/mol. The number of fused-ring (bicyclic) bond motifs is 3. The molecule has 4 nitrogen and oxygen atoms in total. The minimum absolute atomic E-state index is 0.0187. The molecule has 1 aliphatic carbocycles. The number of rotatable bonds is 4. The molecule has 25 heavy (non-hydrogen) atoms. The Morgan fingerprint density at radius 2 is 1.64 bits per heavy atom. The maximum atomic E-state index is 12.6. The smallest absolute Gasteiger partial charge is 0.223 e. The lowest BCUT2D eigenvalue weighted by molar-refractivity contribution is -0.135. The molecule has 1 amide bonds. The number of aliphatic hydroxyl groups excluding tert-OH is 1. The molecule has 130 valence electrons. The largest absolute Gasteiger partial charge is 0.392 e. The number of amides is 1. The van der Waals surface area contributed by atoms with Crippen LogP contribution in [0.25, 0.3) is 10.8 Å². The van der Waals surface area contributed by atoms with Crippen LogP contribution in [0.1, 0.15) is 36.0 Å². The molecule has 3 atom stereocenters. The predicted octanol–water partition coefficient (Wildman–Crippen LogP) is 3.03. The Kier molecular flexibility index (Phi) is 4.30. The van der Waals surface area contributed by atoms with E-state index in [1.54, 1.807) is 0 Å². The molecule has 1 heterocycles. The number of hydrogen-bond donors (Lipinski definition) is 1. The number of aliphatic hydroxyl groups is 1. The van der Waals surface area contributed by atoms with Crippen LogP contribution in [0.2, 0.25) is 0 Å². The molecule has 4 rings (SSSR count). The van der Waals surface area contributed by atoms with Gasteiger partial charge in [0.2, 0.25) is 5.91 Å². The van der Waals surface area contributed by atoms with Gasteiger partial charge in [0.15, 0.2) is 5.78 Å². The zero-order valence-electron chi connectivity index (χ0n) is 14.2. The van der Waals surface area contributed by atoms with E-state index in [4.69, 9.17) is 0 Å². The molecule has 1 aliphatic heterocycles. The van der Waals surface area contributed by atoms with Gasteiger partial charge in [0.05, 0.1) is 6.10 Å². The second kappa shape index (κ2) is 6.60. The fourth-order valence-electron chi connectivity index (χ4n) is 4.38. The maximum Gasteiger partial charge on any atom is 0.223 e. The highest BCUT2D eigenvalue weighted by Crippen LogP contribution is 2.37. The third kappa shape index (κ3) is 3.07. The van der Waals surface area contributed by atoms with Crippen molar-refractivity contribution in [3.8, 4) is 0 Å². The summed E-state index contributed by atoms with van der Waals surface area (Å²) in [4.78, 5) is 27.0. The van der Waals surface area contributed by atoms with E-state index >= 15 is 0 Å². The summed E-state index contributed by atoms with van der Waals surface area (Å²) in [5, 5.41) is 12.1. The van der Waals surface area contributed by atoms with Crippen molar-refractivity contribution in [1.29, 1.82) is 0 Å². The lowest BCUT2D eigenvalue weighted by Gasteiger charge is -2.35. The first-order valence-electron chi connectivity index (χ1n) is 9.10. The van der Waals surface area contributed by atoms with E-state index in [9.17, 15) is 14.7 Å². The first kappa shape index (κ1) is 16.3. The third-order valence-corrected chi connectivity index (χ3v) is 5.79. The van der Waals surface area contributed by atoms with Crippen molar-refractivity contribution in [2.45, 2.75) is 31.8 Å². The van der Waals surface area contributed by atoms with E-state index in [2.05, 4.69) is 0 Å². The van der Waals surface area contributed by atoms with Gasteiger partial charge in [0, 0.05) is 43.3 Å². The van der Waals surface area contributed by atoms with Gasteiger partial charge in [-0.3, -0.25) is 9.59 Å². The molecule has 2 aromatic rings. The van der Waals surface area contributed by atoms with Gasteiger partial charge in [-0.2, -0.15) is 0 Å². The standard InChI is InChI=1S/C21H23NO3/c23-19(18-7-3-5-14-4-1-2-6-17(14)18)10-11-20(24)22-12-15-8-9-16(13-22)21(15)25/h1-7,15-16,21,25H,8-13H2/t15-,16+,21?. The summed E-state index contributed by atoms with van der Waals surface area (Å²) in [5.74, 6) is 0.496. The molecule has 4 heteroatoms. The molecule has 2 bridgehead atoms. The minimum atomic E-state index is -0.249. The molecule has 0 radical (unpaired) electrons. The van der Waals surface area contributed by atoms with Crippen LogP contribution in [-0.4, -0.2) is 40.9 Å². The van der Waals surface area contributed by atoms with Gasteiger partial charge >= 0.3 is 0 Å². The van der Waals surface area contributed by atoms with Crippen LogP contribution in [0.3, 0.4) is 0 Å². The fourth-order valence-corrected chi connectivity index (χ4v) is 4.38. The van der Waals surface area contributed by atoms with Crippen molar-refractivity contribution in [2.75, 3.05) is 13.1 Å². The number of ketones is 1. The summed E-state index contributed by atoms with van der Waals surface area (Å²) in [7, 11) is 0. The van der Waals surface area contributed by atoms with Crippen LogP contribution in [0.4, 0.5) is 0 Å². The topological polar surface area (TPSA) is 57.6 Å². The van der Waals surface area contributed by atoms with Crippen molar-refractivity contribution in [1.82, 2.24) is 4.90 Å². The summed E-state index contributed by atoms with van der Waals surface area (Å²) in [6.07, 6.45) is 2.25. The molecule has 0 aromatic heterocycles. The number of piperidine rings is 1. The number of likely N-dealkylation sites (tertiary alicyclic amines) is 1. The van der Waals surface area contributed by atoms with Crippen LogP contribution < -0.4 is 0 Å². The highest BCUT2D eigenvalue weighted by Gasteiger charge is 2.42. The Balaban J connectivity index is 1.41. The molecule has 2 aromatic carbocycles. The highest BCUT2D eigenvalue weighted by atomic mass is 16.3. The van der Waals surface area contributed by atoms with Gasteiger partial charge in [-0.05, 0) is 23.6 Å². The van der Waals surface area contributed by atoms with Crippen molar-refractivity contribution in [3.63, 3.8) is 0 Å². The molecule has 1 N–H and O–H groups in total. The number of carbonyl (C=O) groups excluding carboxylic acids is 2. The van der Waals surface area contributed by atoms with E-state index in [1.807, 2.05) is 47.4 Å². The first-order chi connectivity index (χ1) is 12.1. The van der Waals surface area contributed by atoms with Gasteiger partial charge in [0.1, 0.15) is 0 Å². The summed E-state index contributed by atoms with van der Waals surface area (Å²) >= 11 is 0. The van der Waals surface area contributed by atoms with E-state index in [1.165, 1.54) is 0 Å². The fraction of sp³-hybridized carbons (Fsp3) is 0.429. The van der Waals surface area contributed by atoms with Crippen molar-refractivity contribution >= 4 is 22.5 Å². The summed E-state index contributed by atoms with van der Waals surface area (Å²) in [5.41, 5.74) is 0.694. The van der Waals surface area contributed by atoms with Crippen LogP contribution >= 0.6 is 0 Å². The van der Waals surface area contributed by atoms with E-state index < -0.39 is 0 Å². The van der Waals surface area contributed by atoms with E-state index in [-0.39, 0.29) is 42.5 Å². The zero-order valence-corrected chi connectivity index (χ0v) is 14.2. The highest BCUT2D eigenvalue weighted by molar-refractivity contribution is 6.08. The van der Waals surface area contributed by atoms with Crippen molar-refractivity contribution in [2.24, 2.45) is 11.8 Å². The second-order valence-electron chi connectivity index (χ2n) is 7.34. The minimum Gasteiger partial charge on any atom is -0.392 e. The lowest BCUT2D eigenvalue weighted by Crippen LogP contribution is -2.47. The second-order valence-corrected chi connectivity index (χ2v) is 7.34. The monoisotopic (exact) mass is 337 g/mol. The molecular formula is C21H23NO3. The van der Waals surface area contributed by atoms with Gasteiger partial charge in [-0.15, -0.1) is 0 Å². The van der Waals surface area contributed by atoms with Gasteiger partial charge < -0.3 is 10.0 Å². The van der Waals surface area contributed by atoms with Crippen LogP contribution in [0.5, 0.6) is 0 Å². The number of carbonyl (C=O) groups is 2. The van der Waals surface area contributed by atoms with Gasteiger partial charge in [-0.25, -0.2) is 0 Å². The quantitative estimate of drug-likeness (QED) is 0.873. The molecule has 2 aliphatic rings. The van der Waals surface area contributed by atoms with Crippen molar-refractivity contribution < 1.29 is 14.7 Å². The Morgan fingerprint density at radius 1 is 0.960 bits per heavy atom. The number of hydrogen-bond acceptors (Lipinski definition) is 3. The van der Waals surface area contributed by atoms with Crippen LogP contribution in [0, 0.1) is 11.8 Å². The Bertz CT molecular complexity index is 796. The van der Waals surface area contributed by atoms with Gasteiger partial charge in [-0.1, -0.05) is 42.5 Å². The third-order valence-electron chi connectivity index (χ3n) is 5.79. The SMILES string of the molecule is O=C(CCC(=O)N1C[C@H]2CC[C@@H](C1)C2O)c1cccc2ccccc12. The molecule has 1 unspecified atom stereocenters. The number of nitrogens with zero attached hydrogens (tertiary/aromatic N) is 1. The summed E-state index contributed by atoms with van der Waals surface area (Å²) in [6, 6.07) is 13.6.